The first-order valence-corrected chi connectivity index (χ1v) is 11.1. The number of carboxylic acid groups (broad SMARTS) is 2. The molecule has 0 saturated carbocycles. The fraction of sp³-hybridized carbons (Fsp3) is 0.700. The predicted molar refractivity (Wildman–Crippen MR) is 120 cm³/mol. The molecule has 1 aliphatic rings. The number of ketones is 1. The number of hydrogen-bond donors (Lipinski definition) is 7. The van der Waals surface area contributed by atoms with Crippen molar-refractivity contribution in [1.29, 1.82) is 5.41 Å². The molecule has 0 aromatic carbocycles. The van der Waals surface area contributed by atoms with Crippen LogP contribution < -0.4 is 21.7 Å². The second-order valence-electron chi connectivity index (χ2n) is 8.31. The van der Waals surface area contributed by atoms with E-state index in [0.717, 1.165) is 0 Å². The third kappa shape index (κ3) is 12.2. The summed E-state index contributed by atoms with van der Waals surface area (Å²) in [5.41, 5.74) is 5.17. The van der Waals surface area contributed by atoms with Crippen LogP contribution in [0.4, 0.5) is 22.4 Å². The van der Waals surface area contributed by atoms with E-state index in [1.54, 1.807) is 13.8 Å². The van der Waals surface area contributed by atoms with E-state index in [1.807, 2.05) is 0 Å². The molecule has 1 saturated heterocycles. The van der Waals surface area contributed by atoms with Gasteiger partial charge in [0.1, 0.15) is 18.8 Å². The Bertz CT molecular complexity index is 840. The highest BCUT2D eigenvalue weighted by atomic mass is 19.4. The lowest BCUT2D eigenvalue weighted by molar-refractivity contribution is -0.192. The Morgan fingerprint density at radius 1 is 1.14 bits per heavy atom. The highest BCUT2D eigenvalue weighted by Gasteiger charge is 2.40. The van der Waals surface area contributed by atoms with Crippen LogP contribution in [-0.4, -0.2) is 94.8 Å². The Balaban J connectivity index is 0.00000161. The molecular weight excluding hydrogens is 512 g/mol. The van der Waals surface area contributed by atoms with Crippen LogP contribution in [0.3, 0.4) is 0 Å². The second kappa shape index (κ2) is 15.5. The maximum atomic E-state index is 12.9. The zero-order chi connectivity index (χ0) is 28.9. The number of guanidine groups is 1. The second-order valence-corrected chi connectivity index (χ2v) is 8.31. The molecule has 8 N–H and O–H groups in total. The standard InChI is InChI=1S/C18H31FN6O5.C2HF3O2/c1-10(2)14(24-18(29)30)16(28)25-8-4-6-12(25)15(27)23-11(13(26)9-19)5-3-7-22-17(20)21;3-2(4,5)1(6)7/h10-12,14,24H,3-9H2,1-2H3,(H,23,27)(H,29,30)(H4,20,21,22);(H,6,7). The number of hydrogen-bond acceptors (Lipinski definition) is 6. The van der Waals surface area contributed by atoms with Crippen molar-refractivity contribution in [1.82, 2.24) is 20.9 Å². The molecule has 0 radical (unpaired) electrons. The summed E-state index contributed by atoms with van der Waals surface area (Å²) in [6.07, 6.45) is -5.01. The van der Waals surface area contributed by atoms with Crippen molar-refractivity contribution in [3.63, 3.8) is 0 Å². The largest absolute Gasteiger partial charge is 0.490 e. The third-order valence-electron chi connectivity index (χ3n) is 5.11. The lowest BCUT2D eigenvalue weighted by Gasteiger charge is -2.30. The van der Waals surface area contributed by atoms with Gasteiger partial charge in [-0.15, -0.1) is 0 Å². The smallest absolute Gasteiger partial charge is 0.475 e. The number of carbonyl (C=O) groups is 5. The van der Waals surface area contributed by atoms with Gasteiger partial charge in [0.25, 0.3) is 0 Å². The Labute approximate surface area is 209 Å². The molecule has 1 heterocycles. The normalized spacial score (nSPS) is 16.6. The highest BCUT2D eigenvalue weighted by molar-refractivity contribution is 5.95. The molecule has 3 unspecified atom stereocenters. The van der Waals surface area contributed by atoms with Crippen molar-refractivity contribution < 1.29 is 51.7 Å². The number of amides is 3. The van der Waals surface area contributed by atoms with Gasteiger partial charge in [0, 0.05) is 13.1 Å². The average molecular weight is 545 g/mol. The summed E-state index contributed by atoms with van der Waals surface area (Å²) in [6.45, 7) is 2.71. The summed E-state index contributed by atoms with van der Waals surface area (Å²) in [7, 11) is 0. The Hall–Kier alpha value is -3.66. The van der Waals surface area contributed by atoms with Crippen molar-refractivity contribution in [3.05, 3.63) is 0 Å². The molecule has 0 bridgehead atoms. The number of halogens is 4. The van der Waals surface area contributed by atoms with Gasteiger partial charge in [-0.1, -0.05) is 13.8 Å². The van der Waals surface area contributed by atoms with E-state index < -0.39 is 60.6 Å². The molecule has 212 valence electrons. The fourth-order valence-electron chi connectivity index (χ4n) is 3.33. The summed E-state index contributed by atoms with van der Waals surface area (Å²) in [6, 6.07) is -2.93. The van der Waals surface area contributed by atoms with Gasteiger partial charge in [0.05, 0.1) is 6.04 Å². The van der Waals surface area contributed by atoms with E-state index >= 15 is 0 Å². The summed E-state index contributed by atoms with van der Waals surface area (Å²) >= 11 is 0. The number of carboxylic acids is 1. The molecule has 0 aliphatic carbocycles. The monoisotopic (exact) mass is 544 g/mol. The van der Waals surface area contributed by atoms with Gasteiger partial charge in [-0.05, 0) is 31.6 Å². The molecule has 13 nitrogen and oxygen atoms in total. The van der Waals surface area contributed by atoms with Crippen molar-refractivity contribution in [3.8, 4) is 0 Å². The van der Waals surface area contributed by atoms with E-state index in [0.29, 0.717) is 19.3 Å². The third-order valence-corrected chi connectivity index (χ3v) is 5.11. The van der Waals surface area contributed by atoms with E-state index in [4.69, 9.17) is 26.2 Å². The summed E-state index contributed by atoms with van der Waals surface area (Å²) < 4.78 is 44.7. The molecule has 3 atom stereocenters. The molecule has 0 aromatic rings. The van der Waals surface area contributed by atoms with Gasteiger partial charge in [0.2, 0.25) is 11.8 Å². The van der Waals surface area contributed by atoms with Crippen molar-refractivity contribution in [2.24, 2.45) is 11.7 Å². The van der Waals surface area contributed by atoms with Gasteiger partial charge >= 0.3 is 18.2 Å². The number of nitrogens with two attached hydrogens (primary N) is 1. The van der Waals surface area contributed by atoms with Crippen LogP contribution in [0, 0.1) is 11.3 Å². The van der Waals surface area contributed by atoms with Gasteiger partial charge in [-0.25, -0.2) is 14.0 Å². The maximum Gasteiger partial charge on any atom is 0.490 e. The van der Waals surface area contributed by atoms with Crippen LogP contribution in [0.15, 0.2) is 0 Å². The Kier molecular flexibility index (Phi) is 13.9. The first-order chi connectivity index (χ1) is 17.0. The van der Waals surface area contributed by atoms with Crippen LogP contribution in [-0.2, 0) is 19.2 Å². The topological polar surface area (TPSA) is 215 Å². The first-order valence-electron chi connectivity index (χ1n) is 11.1. The number of likely N-dealkylation sites (tertiary alicyclic amines) is 1. The van der Waals surface area contributed by atoms with Gasteiger partial charge in [-0.2, -0.15) is 13.2 Å². The van der Waals surface area contributed by atoms with Crippen molar-refractivity contribution in [2.75, 3.05) is 19.8 Å². The minimum Gasteiger partial charge on any atom is -0.475 e. The van der Waals surface area contributed by atoms with Crippen LogP contribution in [0.25, 0.3) is 0 Å². The SMILES string of the molecule is CC(C)C(NC(=O)O)C(=O)N1CCCC1C(=O)NC(CCCNC(=N)N)C(=O)CF.O=C(O)C(F)(F)F. The summed E-state index contributed by atoms with van der Waals surface area (Å²) in [4.78, 5) is 58.7. The molecule has 17 heteroatoms. The quantitative estimate of drug-likeness (QED) is 0.0817. The van der Waals surface area contributed by atoms with Crippen LogP contribution >= 0.6 is 0 Å². The Morgan fingerprint density at radius 3 is 2.14 bits per heavy atom. The van der Waals surface area contributed by atoms with Crippen LogP contribution in [0.1, 0.15) is 39.5 Å². The number of alkyl halides is 4. The van der Waals surface area contributed by atoms with E-state index in [9.17, 15) is 36.7 Å². The van der Waals surface area contributed by atoms with E-state index in [2.05, 4.69) is 16.0 Å². The number of nitrogens with zero attached hydrogens (tertiary/aromatic N) is 1. The molecule has 1 rings (SSSR count). The molecular formula is C20H32F4N6O7. The molecule has 0 spiro atoms. The summed E-state index contributed by atoms with van der Waals surface area (Å²) in [5, 5.41) is 30.5. The molecule has 3 amide bonds. The van der Waals surface area contributed by atoms with E-state index in [1.165, 1.54) is 4.90 Å². The van der Waals surface area contributed by atoms with Crippen molar-refractivity contribution >= 4 is 35.6 Å². The minimum absolute atomic E-state index is 0.143. The Morgan fingerprint density at radius 2 is 1.70 bits per heavy atom. The number of Topliss-reactive ketones (excluding diaryl/α,β-unsaturated/α-hetero) is 1. The van der Waals surface area contributed by atoms with Gasteiger partial charge < -0.3 is 36.8 Å². The molecule has 1 fully saturated rings. The van der Waals surface area contributed by atoms with E-state index in [-0.39, 0.29) is 31.4 Å². The lowest BCUT2D eigenvalue weighted by atomic mass is 10.0. The molecule has 1 aliphatic heterocycles. The number of rotatable bonds is 11. The first kappa shape index (κ1) is 33.3. The van der Waals surface area contributed by atoms with Crippen LogP contribution in [0.2, 0.25) is 0 Å². The average Bonchev–Trinajstić information content (AvgIpc) is 3.27. The van der Waals surface area contributed by atoms with Crippen molar-refractivity contribution in [2.45, 2.75) is 63.8 Å². The molecule has 37 heavy (non-hydrogen) atoms. The molecule has 0 aromatic heterocycles. The number of carbonyl (C=O) groups excluding carboxylic acids is 3. The minimum atomic E-state index is -5.08. The summed E-state index contributed by atoms with van der Waals surface area (Å²) in [5.74, 6) is -5.19. The fourth-order valence-corrected chi connectivity index (χ4v) is 3.33. The zero-order valence-corrected chi connectivity index (χ0v) is 20.2. The zero-order valence-electron chi connectivity index (χ0n) is 20.2. The highest BCUT2D eigenvalue weighted by Crippen LogP contribution is 2.21. The number of nitrogens with one attached hydrogen (secondary N) is 4. The van der Waals surface area contributed by atoms with Gasteiger partial charge in [0.15, 0.2) is 11.7 Å². The maximum absolute atomic E-state index is 12.9. The van der Waals surface area contributed by atoms with Crippen LogP contribution in [0.5, 0.6) is 0 Å². The predicted octanol–water partition coefficient (Wildman–Crippen LogP) is 0.190. The lowest BCUT2D eigenvalue weighted by Crippen LogP contribution is -2.56. The number of aliphatic carboxylic acids is 1. The van der Waals surface area contributed by atoms with Gasteiger partial charge in [-0.3, -0.25) is 19.8 Å².